The van der Waals surface area contributed by atoms with E-state index in [-0.39, 0.29) is 12.1 Å². The average molecular weight is 417 g/mol. The molecule has 5 heteroatoms. The number of hydrogen-bond donors (Lipinski definition) is 0. The first-order chi connectivity index (χ1) is 14.6. The summed E-state index contributed by atoms with van der Waals surface area (Å²) < 4.78 is 2.41. The highest BCUT2D eigenvalue weighted by atomic mass is 32.2. The van der Waals surface area contributed by atoms with Crippen molar-refractivity contribution >= 4 is 16.9 Å². The summed E-state index contributed by atoms with van der Waals surface area (Å²) in [5, 5.41) is 1.19. The molecule has 0 spiro atoms. The van der Waals surface area contributed by atoms with E-state index < -0.39 is 0 Å². The van der Waals surface area contributed by atoms with Crippen molar-refractivity contribution in [1.29, 1.82) is 0 Å². The predicted octanol–water partition coefficient (Wildman–Crippen LogP) is 5.78. The first-order valence-electron chi connectivity index (χ1n) is 10.8. The Morgan fingerprint density at radius 2 is 1.77 bits per heavy atom. The molecule has 5 rings (SSSR count). The van der Waals surface area contributed by atoms with Crippen molar-refractivity contribution in [2.75, 3.05) is 5.75 Å². The summed E-state index contributed by atoms with van der Waals surface area (Å²) in [5.74, 6) is 1.12. The van der Waals surface area contributed by atoms with E-state index in [1.54, 1.807) is 0 Å². The normalized spacial score (nSPS) is 23.0. The standard InChI is InChI=1S/C25H28N4S/c1-5-19-15-30-25-27-23(21-13-9-10-14-26-21)24(29(19)25)22-16(2)17(3)28(18(22)4)20-11-7-6-8-12-20/h6-14,19,23-24H,5,15H2,1-4H3/t19-,23+,24+/m0/s1. The number of nitrogens with zero attached hydrogens (tertiary/aromatic N) is 4. The fourth-order valence-electron chi connectivity index (χ4n) is 5.07. The van der Waals surface area contributed by atoms with Gasteiger partial charge in [0.15, 0.2) is 5.17 Å². The van der Waals surface area contributed by atoms with Crippen LogP contribution in [0.15, 0.2) is 59.7 Å². The van der Waals surface area contributed by atoms with E-state index >= 15 is 0 Å². The first kappa shape index (κ1) is 19.4. The maximum atomic E-state index is 5.20. The van der Waals surface area contributed by atoms with Crippen LogP contribution in [0, 0.1) is 20.8 Å². The lowest BCUT2D eigenvalue weighted by Gasteiger charge is -2.32. The molecule has 0 saturated carbocycles. The van der Waals surface area contributed by atoms with Crippen molar-refractivity contribution in [3.63, 3.8) is 0 Å². The fraction of sp³-hybridized carbons (Fsp3) is 0.360. The summed E-state index contributed by atoms with van der Waals surface area (Å²) in [6.45, 7) is 9.06. The van der Waals surface area contributed by atoms with Gasteiger partial charge in [-0.15, -0.1) is 0 Å². The molecule has 0 unspecified atom stereocenters. The first-order valence-corrected chi connectivity index (χ1v) is 11.7. The maximum absolute atomic E-state index is 5.20. The second-order valence-corrected chi connectivity index (χ2v) is 9.20. The summed E-state index contributed by atoms with van der Waals surface area (Å²) in [6.07, 6.45) is 3.02. The SMILES string of the molecule is CC[C@H]1CSC2=N[C@H](c3ccccn3)[C@@H](c3c(C)c(C)n(-c4ccccc4)c3C)N21. The summed E-state index contributed by atoms with van der Waals surface area (Å²) >= 11 is 1.90. The quantitative estimate of drug-likeness (QED) is 0.541. The van der Waals surface area contributed by atoms with Crippen LogP contribution in [0.2, 0.25) is 0 Å². The zero-order valence-corrected chi connectivity index (χ0v) is 18.9. The molecular weight excluding hydrogens is 388 g/mol. The van der Waals surface area contributed by atoms with Crippen molar-refractivity contribution < 1.29 is 0 Å². The molecule has 3 aromatic rings. The lowest BCUT2D eigenvalue weighted by molar-refractivity contribution is 0.254. The lowest BCUT2D eigenvalue weighted by Crippen LogP contribution is -2.35. The molecule has 4 heterocycles. The zero-order chi connectivity index (χ0) is 20.8. The molecule has 0 radical (unpaired) electrons. The number of para-hydroxylation sites is 1. The summed E-state index contributed by atoms with van der Waals surface area (Å²) in [5.41, 5.74) is 7.67. The van der Waals surface area contributed by atoms with Crippen molar-refractivity contribution in [1.82, 2.24) is 14.5 Å². The zero-order valence-electron chi connectivity index (χ0n) is 18.0. The van der Waals surface area contributed by atoms with E-state index in [0.717, 1.165) is 17.9 Å². The number of benzene rings is 1. The molecule has 0 amide bonds. The van der Waals surface area contributed by atoms with Gasteiger partial charge in [-0.3, -0.25) is 9.98 Å². The number of amidine groups is 1. The van der Waals surface area contributed by atoms with Gasteiger partial charge in [0.2, 0.25) is 0 Å². The van der Waals surface area contributed by atoms with Gasteiger partial charge in [-0.25, -0.2) is 0 Å². The van der Waals surface area contributed by atoms with E-state index in [1.165, 1.54) is 33.4 Å². The van der Waals surface area contributed by atoms with Gasteiger partial charge in [0.05, 0.1) is 11.7 Å². The highest BCUT2D eigenvalue weighted by Crippen LogP contribution is 2.50. The van der Waals surface area contributed by atoms with Crippen LogP contribution in [-0.2, 0) is 0 Å². The minimum Gasteiger partial charge on any atom is -0.338 e. The number of rotatable bonds is 4. The largest absolute Gasteiger partial charge is 0.338 e. The van der Waals surface area contributed by atoms with Crippen molar-refractivity contribution in [2.24, 2.45) is 4.99 Å². The number of hydrogen-bond acceptors (Lipinski definition) is 4. The van der Waals surface area contributed by atoms with Crippen molar-refractivity contribution in [3.05, 3.63) is 82.9 Å². The van der Waals surface area contributed by atoms with E-state index in [4.69, 9.17) is 9.98 Å². The highest BCUT2D eigenvalue weighted by molar-refractivity contribution is 8.14. The second kappa shape index (κ2) is 7.62. The van der Waals surface area contributed by atoms with Gasteiger partial charge < -0.3 is 9.47 Å². The van der Waals surface area contributed by atoms with Crippen LogP contribution in [-0.4, -0.2) is 31.4 Å². The van der Waals surface area contributed by atoms with Crippen molar-refractivity contribution in [2.45, 2.75) is 52.2 Å². The van der Waals surface area contributed by atoms with Gasteiger partial charge in [-0.1, -0.05) is 43.0 Å². The third-order valence-corrected chi connectivity index (χ3v) is 7.77. The number of aliphatic imine (C=N–C) groups is 1. The predicted molar refractivity (Wildman–Crippen MR) is 126 cm³/mol. The van der Waals surface area contributed by atoms with Crippen LogP contribution in [0.3, 0.4) is 0 Å². The fourth-order valence-corrected chi connectivity index (χ4v) is 6.41. The number of aromatic nitrogens is 2. The molecule has 1 fully saturated rings. The Balaban J connectivity index is 1.69. The molecule has 1 saturated heterocycles. The Bertz CT molecular complexity index is 1090. The van der Waals surface area contributed by atoms with Crippen LogP contribution in [0.4, 0.5) is 0 Å². The Kier molecular flexibility index (Phi) is 4.94. The Morgan fingerprint density at radius 3 is 2.47 bits per heavy atom. The number of fused-ring (bicyclic) bond motifs is 1. The molecule has 2 aliphatic heterocycles. The van der Waals surface area contributed by atoms with Gasteiger partial charge in [-0.05, 0) is 57.0 Å². The average Bonchev–Trinajstić information content (AvgIpc) is 3.41. The smallest absolute Gasteiger partial charge is 0.160 e. The minimum atomic E-state index is 0.0338. The summed E-state index contributed by atoms with van der Waals surface area (Å²) in [4.78, 5) is 12.5. The van der Waals surface area contributed by atoms with Gasteiger partial charge in [0.25, 0.3) is 0 Å². The lowest BCUT2D eigenvalue weighted by atomic mass is 9.92. The molecular formula is C25H28N4S. The molecule has 1 aromatic carbocycles. The molecule has 0 N–H and O–H groups in total. The molecule has 2 aromatic heterocycles. The molecule has 2 aliphatic rings. The van der Waals surface area contributed by atoms with E-state index in [0.29, 0.717) is 6.04 Å². The van der Waals surface area contributed by atoms with Gasteiger partial charge >= 0.3 is 0 Å². The van der Waals surface area contributed by atoms with E-state index in [9.17, 15) is 0 Å². The third-order valence-electron chi connectivity index (χ3n) is 6.65. The maximum Gasteiger partial charge on any atom is 0.160 e. The van der Waals surface area contributed by atoms with Crippen LogP contribution in [0.1, 0.15) is 53.6 Å². The molecule has 4 nitrogen and oxygen atoms in total. The van der Waals surface area contributed by atoms with E-state index in [1.807, 2.05) is 24.0 Å². The Morgan fingerprint density at radius 1 is 1.00 bits per heavy atom. The van der Waals surface area contributed by atoms with Crippen LogP contribution in [0.25, 0.3) is 5.69 Å². The minimum absolute atomic E-state index is 0.0338. The summed E-state index contributed by atoms with van der Waals surface area (Å²) in [7, 11) is 0. The molecule has 154 valence electrons. The molecule has 0 bridgehead atoms. The Hall–Kier alpha value is -2.53. The number of pyridine rings is 1. The van der Waals surface area contributed by atoms with Gasteiger partial charge in [0.1, 0.15) is 6.04 Å². The number of thioether (sulfide) groups is 1. The highest BCUT2D eigenvalue weighted by Gasteiger charge is 2.47. The topological polar surface area (TPSA) is 33.4 Å². The second-order valence-electron chi connectivity index (χ2n) is 8.22. The van der Waals surface area contributed by atoms with Gasteiger partial charge in [0, 0.05) is 40.6 Å². The molecule has 3 atom stereocenters. The van der Waals surface area contributed by atoms with E-state index in [2.05, 4.69) is 79.6 Å². The van der Waals surface area contributed by atoms with Crippen LogP contribution >= 0.6 is 11.8 Å². The monoisotopic (exact) mass is 416 g/mol. The van der Waals surface area contributed by atoms with Crippen LogP contribution in [0.5, 0.6) is 0 Å². The van der Waals surface area contributed by atoms with Crippen LogP contribution < -0.4 is 0 Å². The van der Waals surface area contributed by atoms with Gasteiger partial charge in [-0.2, -0.15) is 0 Å². The van der Waals surface area contributed by atoms with Crippen molar-refractivity contribution in [3.8, 4) is 5.69 Å². The third kappa shape index (κ3) is 2.90. The molecule has 0 aliphatic carbocycles. The summed E-state index contributed by atoms with van der Waals surface area (Å²) in [6, 6.07) is 17.6. The Labute approximate surface area is 183 Å². The molecule has 30 heavy (non-hydrogen) atoms.